The number of anilines is 1. The van der Waals surface area contributed by atoms with E-state index in [2.05, 4.69) is 27.6 Å². The number of rotatable bonds is 7. The molecule has 0 bridgehead atoms. The molecule has 0 aliphatic heterocycles. The predicted octanol–water partition coefficient (Wildman–Crippen LogP) is 4.98. The third-order valence-corrected chi connectivity index (χ3v) is 5.66. The standard InChI is InChI=1S/C24H22N4OS/c1-18(23(29)25-20-13-7-3-8-14-20)30-24-27-26-22(17-19-11-5-2-6-12-19)28(24)21-15-9-4-10-16-21/h2-16,18H,17H2,1H3,(H,25,29). The molecule has 1 amide bonds. The van der Waals surface area contributed by atoms with Gasteiger partial charge in [0, 0.05) is 17.8 Å². The maximum absolute atomic E-state index is 12.7. The monoisotopic (exact) mass is 414 g/mol. The van der Waals surface area contributed by atoms with Crippen LogP contribution < -0.4 is 5.32 Å². The van der Waals surface area contributed by atoms with Crippen LogP contribution >= 0.6 is 11.8 Å². The lowest BCUT2D eigenvalue weighted by molar-refractivity contribution is -0.115. The zero-order chi connectivity index (χ0) is 20.8. The molecule has 0 radical (unpaired) electrons. The maximum atomic E-state index is 12.7. The molecule has 3 aromatic carbocycles. The van der Waals surface area contributed by atoms with E-state index in [-0.39, 0.29) is 11.2 Å². The van der Waals surface area contributed by atoms with Crippen LogP contribution in [-0.4, -0.2) is 25.9 Å². The molecule has 1 atom stereocenters. The highest BCUT2D eigenvalue weighted by Gasteiger charge is 2.21. The van der Waals surface area contributed by atoms with E-state index in [1.54, 1.807) is 0 Å². The summed E-state index contributed by atoms with van der Waals surface area (Å²) < 4.78 is 2.03. The second-order valence-electron chi connectivity index (χ2n) is 6.85. The minimum Gasteiger partial charge on any atom is -0.325 e. The molecule has 0 aliphatic rings. The Kier molecular flexibility index (Phi) is 6.25. The average molecular weight is 415 g/mol. The van der Waals surface area contributed by atoms with Crippen molar-refractivity contribution in [3.8, 4) is 5.69 Å². The Morgan fingerprint density at radius 3 is 2.17 bits per heavy atom. The summed E-state index contributed by atoms with van der Waals surface area (Å²) in [5, 5.41) is 12.2. The number of thioether (sulfide) groups is 1. The molecule has 0 saturated carbocycles. The molecule has 1 N–H and O–H groups in total. The molecular weight excluding hydrogens is 392 g/mol. The molecule has 1 heterocycles. The van der Waals surface area contributed by atoms with Crippen molar-refractivity contribution < 1.29 is 4.79 Å². The lowest BCUT2D eigenvalue weighted by atomic mass is 10.1. The molecule has 0 saturated heterocycles. The number of carbonyl (C=O) groups excluding carboxylic acids is 1. The van der Waals surface area contributed by atoms with Gasteiger partial charge in [-0.3, -0.25) is 9.36 Å². The van der Waals surface area contributed by atoms with Gasteiger partial charge in [-0.1, -0.05) is 78.5 Å². The zero-order valence-corrected chi connectivity index (χ0v) is 17.4. The van der Waals surface area contributed by atoms with Crippen LogP contribution in [0.5, 0.6) is 0 Å². The number of amides is 1. The number of aromatic nitrogens is 3. The predicted molar refractivity (Wildman–Crippen MR) is 121 cm³/mol. The summed E-state index contributed by atoms with van der Waals surface area (Å²) in [5.74, 6) is 0.768. The quantitative estimate of drug-likeness (QED) is 0.434. The van der Waals surface area contributed by atoms with E-state index in [1.807, 2.05) is 90.4 Å². The van der Waals surface area contributed by atoms with Crippen molar-refractivity contribution in [1.82, 2.24) is 14.8 Å². The summed E-state index contributed by atoms with van der Waals surface area (Å²) >= 11 is 1.40. The maximum Gasteiger partial charge on any atom is 0.237 e. The molecule has 0 spiro atoms. The van der Waals surface area contributed by atoms with E-state index in [4.69, 9.17) is 0 Å². The van der Waals surface area contributed by atoms with Crippen LogP contribution in [0.15, 0.2) is 96.2 Å². The van der Waals surface area contributed by atoms with Gasteiger partial charge in [-0.25, -0.2) is 0 Å². The second kappa shape index (κ2) is 9.41. The molecule has 150 valence electrons. The van der Waals surface area contributed by atoms with Gasteiger partial charge in [0.05, 0.1) is 5.25 Å². The van der Waals surface area contributed by atoms with Gasteiger partial charge in [0.2, 0.25) is 5.91 Å². The minimum absolute atomic E-state index is 0.0709. The topological polar surface area (TPSA) is 59.8 Å². The van der Waals surface area contributed by atoms with E-state index in [0.29, 0.717) is 11.6 Å². The molecule has 6 heteroatoms. The van der Waals surface area contributed by atoms with Gasteiger partial charge in [-0.15, -0.1) is 10.2 Å². The average Bonchev–Trinajstić information content (AvgIpc) is 3.17. The third kappa shape index (κ3) is 4.78. The molecule has 1 unspecified atom stereocenters. The first-order valence-electron chi connectivity index (χ1n) is 9.77. The number of nitrogens with one attached hydrogen (secondary N) is 1. The molecular formula is C24H22N4OS. The van der Waals surface area contributed by atoms with Gasteiger partial charge in [0.1, 0.15) is 5.82 Å². The van der Waals surface area contributed by atoms with E-state index >= 15 is 0 Å². The number of carbonyl (C=O) groups is 1. The Morgan fingerprint density at radius 2 is 1.50 bits per heavy atom. The fourth-order valence-corrected chi connectivity index (χ4v) is 3.97. The van der Waals surface area contributed by atoms with E-state index < -0.39 is 0 Å². The highest BCUT2D eigenvalue weighted by molar-refractivity contribution is 8.00. The van der Waals surface area contributed by atoms with E-state index in [1.165, 1.54) is 11.8 Å². The fraction of sp³-hybridized carbons (Fsp3) is 0.125. The van der Waals surface area contributed by atoms with E-state index in [9.17, 15) is 4.79 Å². The van der Waals surface area contributed by atoms with Crippen molar-refractivity contribution >= 4 is 23.4 Å². The Hall–Kier alpha value is -3.38. The number of benzene rings is 3. The van der Waals surface area contributed by atoms with Gasteiger partial charge in [-0.2, -0.15) is 0 Å². The summed E-state index contributed by atoms with van der Waals surface area (Å²) in [6.07, 6.45) is 0.661. The SMILES string of the molecule is CC(Sc1nnc(Cc2ccccc2)n1-c1ccccc1)C(=O)Nc1ccccc1. The van der Waals surface area contributed by atoms with Crippen molar-refractivity contribution in [3.63, 3.8) is 0 Å². The fourth-order valence-electron chi connectivity index (χ4n) is 3.08. The molecule has 30 heavy (non-hydrogen) atoms. The van der Waals surface area contributed by atoms with Crippen LogP contribution in [-0.2, 0) is 11.2 Å². The van der Waals surface area contributed by atoms with Crippen LogP contribution in [0.25, 0.3) is 5.69 Å². The molecule has 4 rings (SSSR count). The first kappa shape index (κ1) is 19.9. The van der Waals surface area contributed by atoms with Crippen LogP contribution in [0, 0.1) is 0 Å². The first-order valence-corrected chi connectivity index (χ1v) is 10.6. The van der Waals surface area contributed by atoms with Gasteiger partial charge in [0.15, 0.2) is 5.16 Å². The van der Waals surface area contributed by atoms with Gasteiger partial charge in [-0.05, 0) is 36.8 Å². The first-order chi connectivity index (χ1) is 14.7. The largest absolute Gasteiger partial charge is 0.325 e. The number of hydrogen-bond donors (Lipinski definition) is 1. The summed E-state index contributed by atoms with van der Waals surface area (Å²) in [7, 11) is 0. The summed E-state index contributed by atoms with van der Waals surface area (Å²) in [6.45, 7) is 1.88. The summed E-state index contributed by atoms with van der Waals surface area (Å²) in [4.78, 5) is 12.7. The van der Waals surface area contributed by atoms with Crippen molar-refractivity contribution in [1.29, 1.82) is 0 Å². The van der Waals surface area contributed by atoms with Crippen LogP contribution in [0.4, 0.5) is 5.69 Å². The van der Waals surface area contributed by atoms with Crippen molar-refractivity contribution in [2.24, 2.45) is 0 Å². The van der Waals surface area contributed by atoms with Crippen LogP contribution in [0.2, 0.25) is 0 Å². The highest BCUT2D eigenvalue weighted by atomic mass is 32.2. The lowest BCUT2D eigenvalue weighted by Crippen LogP contribution is -2.22. The van der Waals surface area contributed by atoms with Gasteiger partial charge in [0.25, 0.3) is 0 Å². The lowest BCUT2D eigenvalue weighted by Gasteiger charge is -2.14. The van der Waals surface area contributed by atoms with Gasteiger partial charge < -0.3 is 5.32 Å². The molecule has 5 nitrogen and oxygen atoms in total. The van der Waals surface area contributed by atoms with Gasteiger partial charge >= 0.3 is 0 Å². The van der Waals surface area contributed by atoms with E-state index in [0.717, 1.165) is 22.8 Å². The Labute approximate surface area is 180 Å². The Balaban J connectivity index is 1.59. The van der Waals surface area contributed by atoms with Crippen molar-refractivity contribution in [2.45, 2.75) is 23.8 Å². The molecule has 4 aromatic rings. The van der Waals surface area contributed by atoms with Crippen molar-refractivity contribution in [2.75, 3.05) is 5.32 Å². The third-order valence-electron chi connectivity index (χ3n) is 4.61. The van der Waals surface area contributed by atoms with Crippen LogP contribution in [0.1, 0.15) is 18.3 Å². The van der Waals surface area contributed by atoms with Crippen molar-refractivity contribution in [3.05, 3.63) is 102 Å². The Bertz CT molecular complexity index is 1100. The highest BCUT2D eigenvalue weighted by Crippen LogP contribution is 2.27. The summed E-state index contributed by atoms with van der Waals surface area (Å²) in [5.41, 5.74) is 2.92. The minimum atomic E-state index is -0.332. The molecule has 0 aliphatic carbocycles. The van der Waals surface area contributed by atoms with Crippen LogP contribution in [0.3, 0.4) is 0 Å². The molecule has 0 fully saturated rings. The number of hydrogen-bond acceptors (Lipinski definition) is 4. The smallest absolute Gasteiger partial charge is 0.237 e. The molecule has 1 aromatic heterocycles. The zero-order valence-electron chi connectivity index (χ0n) is 16.6. The number of nitrogens with zero attached hydrogens (tertiary/aromatic N) is 3. The second-order valence-corrected chi connectivity index (χ2v) is 8.16. The summed E-state index contributed by atoms with van der Waals surface area (Å²) in [6, 6.07) is 29.7. The number of para-hydroxylation sites is 2. The normalized spacial score (nSPS) is 11.8. The Morgan fingerprint density at radius 1 is 0.900 bits per heavy atom.